The lowest BCUT2D eigenvalue weighted by atomic mass is 10.3. The number of aliphatic hydroxyl groups excluding tert-OH is 1. The van der Waals surface area contributed by atoms with Crippen LogP contribution in [0.4, 0.5) is 5.69 Å². The zero-order chi connectivity index (χ0) is 15.7. The second kappa shape index (κ2) is 9.04. The minimum absolute atomic E-state index is 0.592. The summed E-state index contributed by atoms with van der Waals surface area (Å²) in [4.78, 5) is 0. The Kier molecular flexibility index (Phi) is 7.74. The Morgan fingerprint density at radius 3 is 2.19 bits per heavy atom. The lowest BCUT2D eigenvalue weighted by molar-refractivity contribution is 0.168. The summed E-state index contributed by atoms with van der Waals surface area (Å²) in [6, 6.07) is 8.22. The van der Waals surface area contributed by atoms with E-state index in [4.69, 9.17) is 13.6 Å². The number of nitrogens with one attached hydrogen (secondary N) is 1. The molecule has 0 saturated heterocycles. The van der Waals surface area contributed by atoms with Crippen LogP contribution in [0.25, 0.3) is 0 Å². The largest absolute Gasteiger partial charge is 0.497 e. The standard InChI is InChI=1S/C15H27NO4Si/c1-5-19-21(4,20-6-2)12-11-15(17)16-13-7-9-14(18-3)10-8-13/h7-10,15-17H,5-6,11-12H2,1-4H3. The first kappa shape index (κ1) is 18.0. The Morgan fingerprint density at radius 1 is 1.14 bits per heavy atom. The fraction of sp³-hybridized carbons (Fsp3) is 0.600. The zero-order valence-corrected chi connectivity index (χ0v) is 14.4. The molecule has 0 aromatic heterocycles. The van der Waals surface area contributed by atoms with E-state index in [0.29, 0.717) is 19.6 Å². The summed E-state index contributed by atoms with van der Waals surface area (Å²) >= 11 is 0. The number of methoxy groups -OCH3 is 1. The summed E-state index contributed by atoms with van der Waals surface area (Å²) in [5.41, 5.74) is 0.861. The van der Waals surface area contributed by atoms with Crippen LogP contribution in [0.3, 0.4) is 0 Å². The van der Waals surface area contributed by atoms with Gasteiger partial charge in [-0.15, -0.1) is 0 Å². The molecule has 1 rings (SSSR count). The smallest absolute Gasteiger partial charge is 0.335 e. The van der Waals surface area contributed by atoms with E-state index in [-0.39, 0.29) is 0 Å². The lowest BCUT2D eigenvalue weighted by Gasteiger charge is -2.27. The summed E-state index contributed by atoms with van der Waals surface area (Å²) in [6.45, 7) is 7.27. The van der Waals surface area contributed by atoms with E-state index < -0.39 is 14.8 Å². The molecule has 2 N–H and O–H groups in total. The van der Waals surface area contributed by atoms with Gasteiger partial charge in [0.2, 0.25) is 0 Å². The molecule has 1 aromatic carbocycles. The van der Waals surface area contributed by atoms with Gasteiger partial charge in [0.25, 0.3) is 0 Å². The molecule has 6 heteroatoms. The second-order valence-corrected chi connectivity index (χ2v) is 8.27. The molecule has 0 bridgehead atoms. The van der Waals surface area contributed by atoms with Crippen LogP contribution >= 0.6 is 0 Å². The van der Waals surface area contributed by atoms with Crippen molar-refractivity contribution >= 4 is 14.2 Å². The molecule has 120 valence electrons. The third-order valence-electron chi connectivity index (χ3n) is 3.19. The molecule has 0 saturated carbocycles. The fourth-order valence-corrected chi connectivity index (χ4v) is 4.54. The summed E-state index contributed by atoms with van der Waals surface area (Å²) in [5.74, 6) is 0.794. The van der Waals surface area contributed by atoms with Crippen LogP contribution in [0.5, 0.6) is 5.75 Å². The van der Waals surface area contributed by atoms with Gasteiger partial charge in [-0.25, -0.2) is 0 Å². The quantitative estimate of drug-likeness (QED) is 0.514. The van der Waals surface area contributed by atoms with Gasteiger partial charge in [-0.1, -0.05) is 0 Å². The van der Waals surface area contributed by atoms with Gasteiger partial charge < -0.3 is 24.0 Å². The van der Waals surface area contributed by atoms with Crippen molar-refractivity contribution in [2.75, 3.05) is 25.6 Å². The van der Waals surface area contributed by atoms with Gasteiger partial charge in [-0.3, -0.25) is 0 Å². The lowest BCUT2D eigenvalue weighted by Crippen LogP contribution is -2.40. The van der Waals surface area contributed by atoms with E-state index in [2.05, 4.69) is 5.32 Å². The molecule has 0 radical (unpaired) electrons. The first-order chi connectivity index (χ1) is 10.0. The van der Waals surface area contributed by atoms with E-state index in [1.165, 1.54) is 0 Å². The molecule has 0 amide bonds. The van der Waals surface area contributed by atoms with Gasteiger partial charge >= 0.3 is 8.56 Å². The number of anilines is 1. The molecule has 0 heterocycles. The number of rotatable bonds is 10. The third-order valence-corrected chi connectivity index (χ3v) is 6.19. The number of aliphatic hydroxyl groups is 1. The maximum absolute atomic E-state index is 10.1. The number of benzene rings is 1. The van der Waals surface area contributed by atoms with Gasteiger partial charge in [0, 0.05) is 18.9 Å². The Morgan fingerprint density at radius 2 is 1.71 bits per heavy atom. The Hall–Kier alpha value is -1.08. The average molecular weight is 313 g/mol. The van der Waals surface area contributed by atoms with Crippen LogP contribution in [0.15, 0.2) is 24.3 Å². The number of hydrogen-bond acceptors (Lipinski definition) is 5. The first-order valence-corrected chi connectivity index (χ1v) is 9.92. The monoisotopic (exact) mass is 313 g/mol. The van der Waals surface area contributed by atoms with Gasteiger partial charge in [0.15, 0.2) is 0 Å². The molecule has 1 atom stereocenters. The SMILES string of the molecule is CCO[Si](C)(CCC(O)Nc1ccc(OC)cc1)OCC. The van der Waals surface area contributed by atoms with Crippen molar-refractivity contribution in [1.29, 1.82) is 0 Å². The molecule has 0 spiro atoms. The molecule has 0 aliphatic carbocycles. The highest BCUT2D eigenvalue weighted by Gasteiger charge is 2.31. The maximum Gasteiger partial charge on any atom is 0.335 e. The minimum atomic E-state index is -2.16. The number of ether oxygens (including phenoxy) is 1. The van der Waals surface area contributed by atoms with Crippen molar-refractivity contribution in [2.24, 2.45) is 0 Å². The molecular weight excluding hydrogens is 286 g/mol. The van der Waals surface area contributed by atoms with Crippen LogP contribution < -0.4 is 10.1 Å². The van der Waals surface area contributed by atoms with Gasteiger partial charge in [0.05, 0.1) is 7.11 Å². The van der Waals surface area contributed by atoms with E-state index in [9.17, 15) is 5.11 Å². The summed E-state index contributed by atoms with van der Waals surface area (Å²) in [7, 11) is -0.535. The third kappa shape index (κ3) is 6.47. The van der Waals surface area contributed by atoms with Crippen LogP contribution in [0.1, 0.15) is 20.3 Å². The van der Waals surface area contributed by atoms with Crippen molar-refractivity contribution in [3.63, 3.8) is 0 Å². The number of hydrogen-bond donors (Lipinski definition) is 2. The Labute approximate surface area is 128 Å². The minimum Gasteiger partial charge on any atom is -0.497 e. The summed E-state index contributed by atoms with van der Waals surface area (Å²) in [5, 5.41) is 13.2. The fourth-order valence-electron chi connectivity index (χ4n) is 2.15. The highest BCUT2D eigenvalue weighted by Crippen LogP contribution is 2.20. The van der Waals surface area contributed by atoms with E-state index in [0.717, 1.165) is 17.5 Å². The van der Waals surface area contributed by atoms with Crippen LogP contribution in [0.2, 0.25) is 12.6 Å². The van der Waals surface area contributed by atoms with Crippen LogP contribution in [0, 0.1) is 0 Å². The Balaban J connectivity index is 2.46. The average Bonchev–Trinajstić information content (AvgIpc) is 2.47. The molecule has 0 aliphatic rings. The molecular formula is C15H27NO4Si. The zero-order valence-electron chi connectivity index (χ0n) is 13.4. The van der Waals surface area contributed by atoms with E-state index in [1.807, 2.05) is 44.7 Å². The van der Waals surface area contributed by atoms with Crippen LogP contribution in [-0.4, -0.2) is 40.2 Å². The molecule has 0 fully saturated rings. The Bertz CT molecular complexity index is 393. The maximum atomic E-state index is 10.1. The predicted octanol–water partition coefficient (Wildman–Crippen LogP) is 2.96. The molecule has 0 aliphatic heterocycles. The first-order valence-electron chi connectivity index (χ1n) is 7.39. The normalized spacial score (nSPS) is 13.0. The van der Waals surface area contributed by atoms with Gasteiger partial charge in [-0.2, -0.15) is 0 Å². The van der Waals surface area contributed by atoms with Crippen molar-refractivity contribution in [3.05, 3.63) is 24.3 Å². The van der Waals surface area contributed by atoms with E-state index in [1.54, 1.807) is 7.11 Å². The van der Waals surface area contributed by atoms with Crippen molar-refractivity contribution in [3.8, 4) is 5.75 Å². The van der Waals surface area contributed by atoms with Gasteiger partial charge in [-0.05, 0) is 57.1 Å². The highest BCUT2D eigenvalue weighted by molar-refractivity contribution is 6.66. The molecule has 5 nitrogen and oxygen atoms in total. The highest BCUT2D eigenvalue weighted by atomic mass is 28.4. The second-order valence-electron chi connectivity index (χ2n) is 4.93. The molecule has 1 aromatic rings. The predicted molar refractivity (Wildman–Crippen MR) is 86.9 cm³/mol. The van der Waals surface area contributed by atoms with E-state index >= 15 is 0 Å². The summed E-state index contributed by atoms with van der Waals surface area (Å²) in [6.07, 6.45) is -0.0273. The van der Waals surface area contributed by atoms with Crippen molar-refractivity contribution < 1.29 is 18.7 Å². The van der Waals surface area contributed by atoms with Crippen LogP contribution in [-0.2, 0) is 8.85 Å². The topological polar surface area (TPSA) is 60.0 Å². The molecule has 1 unspecified atom stereocenters. The van der Waals surface area contributed by atoms with Crippen molar-refractivity contribution in [2.45, 2.75) is 39.1 Å². The van der Waals surface area contributed by atoms with Crippen molar-refractivity contribution in [1.82, 2.24) is 0 Å². The summed E-state index contributed by atoms with van der Waals surface area (Å²) < 4.78 is 16.6. The molecule has 21 heavy (non-hydrogen) atoms. The van der Waals surface area contributed by atoms with Gasteiger partial charge in [0.1, 0.15) is 12.0 Å².